The van der Waals surface area contributed by atoms with Crippen molar-refractivity contribution in [2.45, 2.75) is 58.4 Å². The van der Waals surface area contributed by atoms with Crippen LogP contribution in [0.3, 0.4) is 0 Å². The molecule has 1 aliphatic carbocycles. The van der Waals surface area contributed by atoms with Crippen LogP contribution in [0.5, 0.6) is 0 Å². The lowest BCUT2D eigenvalue weighted by molar-refractivity contribution is 0.292. The average Bonchev–Trinajstić information content (AvgIpc) is 2.52. The highest BCUT2D eigenvalue weighted by Crippen LogP contribution is 2.33. The molecule has 0 atom stereocenters. The van der Waals surface area contributed by atoms with E-state index in [1.165, 1.54) is 0 Å². The largest absolute Gasteiger partial charge is 0.319 e. The molecule has 86 valence electrons. The first kappa shape index (κ1) is 12.7. The van der Waals surface area contributed by atoms with Crippen molar-refractivity contribution < 1.29 is 0 Å². The van der Waals surface area contributed by atoms with Crippen molar-refractivity contribution in [2.75, 3.05) is 0 Å². The monoisotopic (exact) mass is 223 g/mol. The topological polar surface area (TPSA) is 3.24 Å². The van der Waals surface area contributed by atoms with Crippen LogP contribution >= 0.6 is 0 Å². The number of allylic oxidation sites excluding steroid dienone is 4. The zero-order valence-electron chi connectivity index (χ0n) is 11.0. The zero-order chi connectivity index (χ0) is 11.6. The van der Waals surface area contributed by atoms with Gasteiger partial charge in [-0.15, -0.1) is 0 Å². The van der Waals surface area contributed by atoms with Gasteiger partial charge in [0.15, 0.2) is 0 Å². The predicted octanol–water partition coefficient (Wildman–Crippen LogP) is 3.81. The van der Waals surface area contributed by atoms with E-state index in [0.717, 1.165) is 0 Å². The van der Waals surface area contributed by atoms with Crippen LogP contribution in [0.25, 0.3) is 0 Å². The molecule has 0 aliphatic heterocycles. The minimum Gasteiger partial charge on any atom is -0.319 e. The first-order valence-corrected chi connectivity index (χ1v) is 9.03. The molecule has 15 heavy (non-hydrogen) atoms. The van der Waals surface area contributed by atoms with Gasteiger partial charge in [-0.3, -0.25) is 0 Å². The van der Waals surface area contributed by atoms with Gasteiger partial charge in [-0.25, -0.2) is 0 Å². The van der Waals surface area contributed by atoms with Gasteiger partial charge < -0.3 is 4.57 Å². The summed E-state index contributed by atoms with van der Waals surface area (Å²) in [5.74, 6) is 0. The fourth-order valence-corrected chi connectivity index (χ4v) is 7.17. The fourth-order valence-electron chi connectivity index (χ4n) is 3.00. The third-order valence-electron chi connectivity index (χ3n) is 3.34. The molecule has 0 unspecified atom stereocenters. The zero-order valence-corrected chi connectivity index (χ0v) is 12.0. The van der Waals surface area contributed by atoms with Crippen LogP contribution in [0, 0.1) is 0 Å². The van der Waals surface area contributed by atoms with E-state index in [1.54, 1.807) is 0 Å². The summed E-state index contributed by atoms with van der Waals surface area (Å²) >= 11 is 0. The summed E-state index contributed by atoms with van der Waals surface area (Å²) in [5.41, 5.74) is 0.683. The fraction of sp³-hybridized carbons (Fsp3) is 0.692. The second kappa shape index (κ2) is 4.66. The van der Waals surface area contributed by atoms with Crippen LogP contribution in [-0.2, 0) is 0 Å². The third kappa shape index (κ3) is 2.61. The number of rotatable bonds is 4. The summed E-state index contributed by atoms with van der Waals surface area (Å²) in [7, 11) is -1.37. The summed E-state index contributed by atoms with van der Waals surface area (Å²) in [4.78, 5) is 0. The second-order valence-corrected chi connectivity index (χ2v) is 10.0. The lowest BCUT2D eigenvalue weighted by Crippen LogP contribution is -2.57. The Morgan fingerprint density at radius 2 is 1.33 bits per heavy atom. The maximum Gasteiger partial charge on any atom is 0.133 e. The van der Waals surface area contributed by atoms with E-state index in [1.807, 2.05) is 0 Å². The summed E-state index contributed by atoms with van der Waals surface area (Å²) in [6, 6.07) is 1.29. The van der Waals surface area contributed by atoms with E-state index in [4.69, 9.17) is 0 Å². The Labute approximate surface area is 96.0 Å². The second-order valence-electron chi connectivity index (χ2n) is 5.54. The molecule has 0 saturated carbocycles. The van der Waals surface area contributed by atoms with Gasteiger partial charge in [0, 0.05) is 5.54 Å². The Kier molecular flexibility index (Phi) is 3.96. The van der Waals surface area contributed by atoms with E-state index in [-0.39, 0.29) is 0 Å². The Morgan fingerprint density at radius 1 is 0.933 bits per heavy atom. The smallest absolute Gasteiger partial charge is 0.133 e. The normalized spacial score (nSPS) is 17.7. The lowest BCUT2D eigenvalue weighted by Gasteiger charge is -2.45. The predicted molar refractivity (Wildman–Crippen MR) is 71.6 cm³/mol. The highest BCUT2D eigenvalue weighted by Gasteiger charge is 2.38. The Morgan fingerprint density at radius 3 is 1.67 bits per heavy atom. The van der Waals surface area contributed by atoms with Gasteiger partial charge in [0.1, 0.15) is 8.24 Å². The van der Waals surface area contributed by atoms with Gasteiger partial charge in [0.2, 0.25) is 0 Å². The van der Waals surface area contributed by atoms with Gasteiger partial charge in [-0.05, 0) is 12.1 Å². The van der Waals surface area contributed by atoms with Gasteiger partial charge in [-0.1, -0.05) is 65.1 Å². The summed E-state index contributed by atoms with van der Waals surface area (Å²) in [6.07, 6.45) is 9.12. The van der Waals surface area contributed by atoms with Crippen molar-refractivity contribution in [3.63, 3.8) is 0 Å². The van der Waals surface area contributed by atoms with Crippen molar-refractivity contribution in [3.05, 3.63) is 24.3 Å². The maximum atomic E-state index is 2.73. The number of hydrogen-bond acceptors (Lipinski definition) is 1. The molecule has 1 aliphatic rings. The van der Waals surface area contributed by atoms with Gasteiger partial charge >= 0.3 is 0 Å². The van der Waals surface area contributed by atoms with Crippen LogP contribution < -0.4 is 0 Å². The molecular weight excluding hydrogens is 198 g/mol. The Balaban J connectivity index is 2.89. The minimum atomic E-state index is -1.37. The van der Waals surface area contributed by atoms with Crippen LogP contribution in [0.4, 0.5) is 0 Å². The Hall–Kier alpha value is -0.343. The van der Waals surface area contributed by atoms with Gasteiger partial charge in [0.25, 0.3) is 0 Å². The molecule has 0 aromatic carbocycles. The number of hydrogen-bond donors (Lipinski definition) is 0. The van der Waals surface area contributed by atoms with Crippen molar-refractivity contribution in [3.8, 4) is 0 Å². The van der Waals surface area contributed by atoms with Gasteiger partial charge in [0.05, 0.1) is 0 Å². The maximum absolute atomic E-state index is 2.73. The van der Waals surface area contributed by atoms with E-state index in [2.05, 4.69) is 69.7 Å². The molecule has 0 radical (unpaired) electrons. The number of nitrogens with zero attached hydrogens (tertiary/aromatic N) is 1. The molecule has 0 spiro atoms. The van der Waals surface area contributed by atoms with E-state index in [0.29, 0.717) is 17.6 Å². The molecule has 0 bridgehead atoms. The molecule has 0 fully saturated rings. The third-order valence-corrected chi connectivity index (χ3v) is 7.72. The first-order chi connectivity index (χ1) is 6.87. The van der Waals surface area contributed by atoms with Crippen molar-refractivity contribution >= 4 is 8.24 Å². The minimum absolute atomic E-state index is 0.647. The molecule has 0 saturated heterocycles. The molecule has 0 N–H and O–H groups in total. The summed E-state index contributed by atoms with van der Waals surface area (Å²) in [5, 5.41) is 0. The molecule has 2 heteroatoms. The van der Waals surface area contributed by atoms with Crippen molar-refractivity contribution in [1.29, 1.82) is 0 Å². The van der Waals surface area contributed by atoms with E-state index in [9.17, 15) is 0 Å². The van der Waals surface area contributed by atoms with Crippen molar-refractivity contribution in [2.24, 2.45) is 0 Å². The summed E-state index contributed by atoms with van der Waals surface area (Å²) in [6.45, 7) is 14.2. The standard InChI is InChI=1S/C13H25NSi/c1-11(2)14(12(3)4)15(5,6)13-9-7-8-10-13/h7-13H,1-6H3. The summed E-state index contributed by atoms with van der Waals surface area (Å²) < 4.78 is 2.73. The quantitative estimate of drug-likeness (QED) is 0.655. The van der Waals surface area contributed by atoms with Gasteiger partial charge in [-0.2, -0.15) is 0 Å². The molecule has 0 amide bonds. The molecule has 0 aromatic rings. The molecule has 0 aromatic heterocycles. The molecular formula is C13H25NSi. The molecule has 0 heterocycles. The average molecular weight is 223 g/mol. The lowest BCUT2D eigenvalue weighted by atomic mass is 10.3. The molecule has 1 nitrogen and oxygen atoms in total. The van der Waals surface area contributed by atoms with Crippen LogP contribution in [0.2, 0.25) is 18.6 Å². The highest BCUT2D eigenvalue weighted by atomic mass is 28.3. The highest BCUT2D eigenvalue weighted by molar-refractivity contribution is 6.77. The van der Waals surface area contributed by atoms with Crippen LogP contribution in [0.1, 0.15) is 27.7 Å². The van der Waals surface area contributed by atoms with Crippen molar-refractivity contribution in [1.82, 2.24) is 4.57 Å². The van der Waals surface area contributed by atoms with Crippen LogP contribution in [0.15, 0.2) is 24.3 Å². The van der Waals surface area contributed by atoms with E-state index < -0.39 is 8.24 Å². The van der Waals surface area contributed by atoms with Crippen LogP contribution in [-0.4, -0.2) is 24.9 Å². The SMILES string of the molecule is CC(C)N(C(C)C)[Si](C)(C)C1C=CC=C1. The van der Waals surface area contributed by atoms with E-state index >= 15 is 0 Å². The first-order valence-electron chi connectivity index (χ1n) is 6.00. The Bertz CT molecular complexity index is 244. The molecule has 1 rings (SSSR count).